The van der Waals surface area contributed by atoms with Gasteiger partial charge in [-0.1, -0.05) is 81.0 Å². The third-order valence-corrected chi connectivity index (χ3v) is 6.71. The van der Waals surface area contributed by atoms with Crippen LogP contribution in [0, 0.1) is 0 Å². The van der Waals surface area contributed by atoms with Gasteiger partial charge in [0.05, 0.1) is 12.3 Å². The number of halogens is 1. The summed E-state index contributed by atoms with van der Waals surface area (Å²) in [5, 5.41) is 2.69. The Kier molecular flexibility index (Phi) is 10.4. The molecule has 0 aliphatic carbocycles. The highest BCUT2D eigenvalue weighted by Gasteiger charge is 2.37. The van der Waals surface area contributed by atoms with Crippen molar-refractivity contribution in [2.75, 3.05) is 11.5 Å². The zero-order valence-electron chi connectivity index (χ0n) is 22.5. The maximum absolute atomic E-state index is 13.4. The molecule has 3 aromatic rings. The van der Waals surface area contributed by atoms with E-state index in [9.17, 15) is 14.4 Å². The first-order valence-electron chi connectivity index (χ1n) is 13.6. The quantitative estimate of drug-likeness (QED) is 0.134. The van der Waals surface area contributed by atoms with Gasteiger partial charge in [-0.05, 0) is 60.5 Å². The van der Waals surface area contributed by atoms with Crippen molar-refractivity contribution in [2.24, 2.45) is 0 Å². The van der Waals surface area contributed by atoms with E-state index in [0.29, 0.717) is 41.0 Å². The van der Waals surface area contributed by atoms with Gasteiger partial charge in [0, 0.05) is 10.6 Å². The van der Waals surface area contributed by atoms with Crippen LogP contribution in [0.1, 0.15) is 56.6 Å². The van der Waals surface area contributed by atoms with Crippen molar-refractivity contribution in [3.63, 3.8) is 0 Å². The minimum atomic E-state index is -0.823. The average molecular weight is 561 g/mol. The van der Waals surface area contributed by atoms with Crippen LogP contribution in [0.2, 0.25) is 5.02 Å². The number of nitrogens with zero attached hydrogens (tertiary/aromatic N) is 1. The van der Waals surface area contributed by atoms with E-state index in [4.69, 9.17) is 21.1 Å². The van der Waals surface area contributed by atoms with Gasteiger partial charge in [-0.2, -0.15) is 0 Å². The number of barbiturate groups is 1. The van der Waals surface area contributed by atoms with E-state index in [2.05, 4.69) is 12.2 Å². The topological polar surface area (TPSA) is 84.9 Å². The van der Waals surface area contributed by atoms with E-state index in [1.807, 2.05) is 30.3 Å². The Morgan fingerprint density at radius 2 is 1.57 bits per heavy atom. The summed E-state index contributed by atoms with van der Waals surface area (Å²) in [6.45, 7) is 3.08. The fraction of sp³-hybridized carbons (Fsp3) is 0.281. The fourth-order valence-electron chi connectivity index (χ4n) is 4.31. The molecule has 1 N–H and O–H groups in total. The molecule has 0 bridgehead atoms. The molecule has 1 fully saturated rings. The second kappa shape index (κ2) is 14.3. The zero-order chi connectivity index (χ0) is 28.3. The van der Waals surface area contributed by atoms with Crippen LogP contribution >= 0.6 is 11.6 Å². The van der Waals surface area contributed by atoms with Crippen molar-refractivity contribution in [3.8, 4) is 11.5 Å². The summed E-state index contributed by atoms with van der Waals surface area (Å²) in [5.74, 6) is -0.436. The second-order valence-electron chi connectivity index (χ2n) is 9.52. The molecular formula is C32H33ClN2O5. The molecule has 1 saturated heterocycles. The first-order chi connectivity index (χ1) is 19.5. The van der Waals surface area contributed by atoms with E-state index >= 15 is 0 Å². The molecule has 1 heterocycles. The predicted octanol–water partition coefficient (Wildman–Crippen LogP) is 7.32. The molecule has 0 radical (unpaired) electrons. The van der Waals surface area contributed by atoms with Crippen molar-refractivity contribution in [3.05, 3.63) is 94.5 Å². The molecule has 1 aliphatic heterocycles. The third-order valence-electron chi connectivity index (χ3n) is 6.47. The molecule has 40 heavy (non-hydrogen) atoms. The highest BCUT2D eigenvalue weighted by atomic mass is 35.5. The lowest BCUT2D eigenvalue weighted by molar-refractivity contribution is -0.122. The van der Waals surface area contributed by atoms with E-state index < -0.39 is 17.8 Å². The Morgan fingerprint density at radius 3 is 2.33 bits per heavy atom. The largest absolute Gasteiger partial charge is 0.493 e. The van der Waals surface area contributed by atoms with Gasteiger partial charge in [-0.15, -0.1) is 0 Å². The summed E-state index contributed by atoms with van der Waals surface area (Å²) >= 11 is 6.22. The lowest BCUT2D eigenvalue weighted by atomic mass is 10.1. The number of anilines is 1. The van der Waals surface area contributed by atoms with Crippen LogP contribution in [-0.4, -0.2) is 24.5 Å². The number of hydrogen-bond donors (Lipinski definition) is 1. The number of rotatable bonds is 13. The van der Waals surface area contributed by atoms with E-state index in [-0.39, 0.29) is 5.57 Å². The van der Waals surface area contributed by atoms with E-state index in [0.717, 1.165) is 29.7 Å². The summed E-state index contributed by atoms with van der Waals surface area (Å²) < 4.78 is 11.8. The third kappa shape index (κ3) is 7.73. The summed E-state index contributed by atoms with van der Waals surface area (Å²) in [6.07, 6.45) is 8.18. The number of urea groups is 1. The van der Waals surface area contributed by atoms with Crippen LogP contribution in [0.3, 0.4) is 0 Å². The second-order valence-corrected chi connectivity index (χ2v) is 9.96. The minimum absolute atomic E-state index is 0.198. The Morgan fingerprint density at radius 1 is 0.850 bits per heavy atom. The number of imide groups is 2. The minimum Gasteiger partial charge on any atom is -0.493 e. The lowest BCUT2D eigenvalue weighted by Gasteiger charge is -2.26. The first kappa shape index (κ1) is 28.9. The number of carbonyl (C=O) groups is 3. The van der Waals surface area contributed by atoms with Crippen molar-refractivity contribution in [1.82, 2.24) is 5.32 Å². The highest BCUT2D eigenvalue weighted by Crippen LogP contribution is 2.29. The van der Waals surface area contributed by atoms with Gasteiger partial charge in [0.25, 0.3) is 11.8 Å². The molecule has 0 unspecified atom stereocenters. The number of nitrogens with one attached hydrogen (secondary N) is 1. The van der Waals surface area contributed by atoms with Crippen molar-refractivity contribution >= 4 is 41.2 Å². The maximum Gasteiger partial charge on any atom is 0.335 e. The van der Waals surface area contributed by atoms with Gasteiger partial charge in [0.2, 0.25) is 0 Å². The summed E-state index contributed by atoms with van der Waals surface area (Å²) in [7, 11) is 0. The molecule has 1 aliphatic rings. The Labute approximate surface area is 239 Å². The van der Waals surface area contributed by atoms with Crippen LogP contribution in [0.15, 0.2) is 78.4 Å². The Hall–Kier alpha value is -4.10. The summed E-state index contributed by atoms with van der Waals surface area (Å²) in [5.41, 5.74) is 1.60. The van der Waals surface area contributed by atoms with E-state index in [1.54, 1.807) is 42.5 Å². The number of hydrogen-bond acceptors (Lipinski definition) is 5. The molecule has 4 rings (SSSR count). The molecule has 4 amide bonds. The van der Waals surface area contributed by atoms with E-state index in [1.165, 1.54) is 25.3 Å². The van der Waals surface area contributed by atoms with Crippen LogP contribution in [0.25, 0.3) is 6.08 Å². The van der Waals surface area contributed by atoms with Gasteiger partial charge in [-0.25, -0.2) is 9.69 Å². The van der Waals surface area contributed by atoms with Crippen LogP contribution in [0.4, 0.5) is 10.5 Å². The molecule has 0 atom stereocenters. The molecule has 3 aromatic carbocycles. The standard InChI is InChI=1S/C32H33ClN2O5/c1-2-3-4-5-6-10-19-39-29-18-13-25(33)20-24(29)21-28-30(36)34-32(38)35(31(28)37)26-14-16-27(17-15-26)40-22-23-11-8-7-9-12-23/h7-9,11-18,20-21H,2-6,10,19,22H2,1H3,(H,34,36,38)/b28-21-. The van der Waals surface area contributed by atoms with Crippen molar-refractivity contribution < 1.29 is 23.9 Å². The number of benzene rings is 3. The SMILES string of the molecule is CCCCCCCCOc1ccc(Cl)cc1/C=C1/C(=O)NC(=O)N(c2ccc(OCc3ccccc3)cc2)C1=O. The van der Waals surface area contributed by atoms with Gasteiger partial charge >= 0.3 is 6.03 Å². The van der Waals surface area contributed by atoms with Crippen LogP contribution in [-0.2, 0) is 16.2 Å². The van der Waals surface area contributed by atoms with Crippen LogP contribution in [0.5, 0.6) is 11.5 Å². The van der Waals surface area contributed by atoms with Gasteiger partial charge < -0.3 is 9.47 Å². The highest BCUT2D eigenvalue weighted by molar-refractivity contribution is 6.39. The molecule has 0 aromatic heterocycles. The summed E-state index contributed by atoms with van der Waals surface area (Å²) in [4.78, 5) is 39.7. The number of amides is 4. The van der Waals surface area contributed by atoms with Gasteiger partial charge in [0.15, 0.2) is 0 Å². The zero-order valence-corrected chi connectivity index (χ0v) is 23.3. The summed E-state index contributed by atoms with van der Waals surface area (Å²) in [6, 6.07) is 20.5. The number of carbonyl (C=O) groups excluding carboxylic acids is 3. The normalized spacial score (nSPS) is 14.4. The molecular weight excluding hydrogens is 528 g/mol. The fourth-order valence-corrected chi connectivity index (χ4v) is 4.49. The smallest absolute Gasteiger partial charge is 0.335 e. The molecule has 8 heteroatoms. The lowest BCUT2D eigenvalue weighted by Crippen LogP contribution is -2.54. The monoisotopic (exact) mass is 560 g/mol. The molecule has 0 spiro atoms. The predicted molar refractivity (Wildman–Crippen MR) is 157 cm³/mol. The Bertz CT molecular complexity index is 1360. The molecule has 0 saturated carbocycles. The Balaban J connectivity index is 1.47. The van der Waals surface area contributed by atoms with Crippen LogP contribution < -0.4 is 19.7 Å². The van der Waals surface area contributed by atoms with Crippen molar-refractivity contribution in [1.29, 1.82) is 0 Å². The maximum atomic E-state index is 13.4. The molecule has 7 nitrogen and oxygen atoms in total. The molecule has 208 valence electrons. The average Bonchev–Trinajstić information content (AvgIpc) is 2.95. The number of ether oxygens (including phenoxy) is 2. The van der Waals surface area contributed by atoms with Gasteiger partial charge in [-0.3, -0.25) is 14.9 Å². The van der Waals surface area contributed by atoms with Gasteiger partial charge in [0.1, 0.15) is 23.7 Å². The first-order valence-corrected chi connectivity index (χ1v) is 13.9. The van der Waals surface area contributed by atoms with Crippen molar-refractivity contribution in [2.45, 2.75) is 52.1 Å². The number of unbranched alkanes of at least 4 members (excludes halogenated alkanes) is 5.